The SMILES string of the molecule is CCOC(C)C(CCc1nccn1C)NN. The van der Waals surface area contributed by atoms with Crippen LogP contribution < -0.4 is 11.3 Å². The molecular formula is C11H22N4O. The number of rotatable bonds is 7. The van der Waals surface area contributed by atoms with Crippen LogP contribution in [0.1, 0.15) is 26.1 Å². The molecule has 0 saturated carbocycles. The van der Waals surface area contributed by atoms with Crippen molar-refractivity contribution in [2.45, 2.75) is 38.8 Å². The first-order valence-corrected chi connectivity index (χ1v) is 5.73. The van der Waals surface area contributed by atoms with Crippen molar-refractivity contribution in [2.75, 3.05) is 6.61 Å². The van der Waals surface area contributed by atoms with E-state index >= 15 is 0 Å². The molecule has 92 valence electrons. The van der Waals surface area contributed by atoms with Crippen LogP contribution in [0.15, 0.2) is 12.4 Å². The Hall–Kier alpha value is -0.910. The highest BCUT2D eigenvalue weighted by Gasteiger charge is 2.16. The molecule has 0 fully saturated rings. The molecule has 1 aromatic rings. The lowest BCUT2D eigenvalue weighted by atomic mass is 10.1. The smallest absolute Gasteiger partial charge is 0.108 e. The van der Waals surface area contributed by atoms with Gasteiger partial charge in [0.1, 0.15) is 5.82 Å². The predicted molar refractivity (Wildman–Crippen MR) is 63.7 cm³/mol. The largest absolute Gasteiger partial charge is 0.377 e. The van der Waals surface area contributed by atoms with Gasteiger partial charge in [0.25, 0.3) is 0 Å². The van der Waals surface area contributed by atoms with Gasteiger partial charge in [-0.05, 0) is 20.3 Å². The van der Waals surface area contributed by atoms with Crippen molar-refractivity contribution >= 4 is 0 Å². The molecule has 0 aromatic carbocycles. The molecule has 1 rings (SSSR count). The molecule has 0 aliphatic carbocycles. The Morgan fingerprint density at radius 1 is 1.62 bits per heavy atom. The third kappa shape index (κ3) is 3.59. The van der Waals surface area contributed by atoms with Crippen LogP contribution in [-0.4, -0.2) is 28.3 Å². The first-order chi connectivity index (χ1) is 7.69. The van der Waals surface area contributed by atoms with E-state index < -0.39 is 0 Å². The quantitative estimate of drug-likeness (QED) is 0.528. The molecule has 0 saturated heterocycles. The summed E-state index contributed by atoms with van der Waals surface area (Å²) in [5.41, 5.74) is 2.81. The van der Waals surface area contributed by atoms with Crippen molar-refractivity contribution < 1.29 is 4.74 Å². The molecule has 5 heteroatoms. The fourth-order valence-corrected chi connectivity index (χ4v) is 1.75. The molecule has 5 nitrogen and oxygen atoms in total. The molecule has 0 bridgehead atoms. The normalized spacial score (nSPS) is 15.0. The molecule has 1 heterocycles. The van der Waals surface area contributed by atoms with E-state index in [1.165, 1.54) is 0 Å². The minimum Gasteiger partial charge on any atom is -0.377 e. The van der Waals surface area contributed by atoms with E-state index in [2.05, 4.69) is 10.4 Å². The van der Waals surface area contributed by atoms with E-state index in [9.17, 15) is 0 Å². The molecule has 0 aliphatic heterocycles. The van der Waals surface area contributed by atoms with E-state index in [0.717, 1.165) is 18.7 Å². The molecule has 3 N–H and O–H groups in total. The summed E-state index contributed by atoms with van der Waals surface area (Å²) in [6, 6.07) is 0.164. The molecular weight excluding hydrogens is 204 g/mol. The van der Waals surface area contributed by atoms with Gasteiger partial charge in [-0.15, -0.1) is 0 Å². The number of nitrogens with zero attached hydrogens (tertiary/aromatic N) is 2. The summed E-state index contributed by atoms with van der Waals surface area (Å²) in [6.07, 6.45) is 5.70. The van der Waals surface area contributed by atoms with Gasteiger partial charge in [0, 0.05) is 38.5 Å². The summed E-state index contributed by atoms with van der Waals surface area (Å²) in [4.78, 5) is 4.28. The molecule has 0 amide bonds. The highest BCUT2D eigenvalue weighted by molar-refractivity contribution is 4.92. The van der Waals surface area contributed by atoms with Gasteiger partial charge in [0.15, 0.2) is 0 Å². The summed E-state index contributed by atoms with van der Waals surface area (Å²) in [7, 11) is 2.00. The van der Waals surface area contributed by atoms with Crippen LogP contribution >= 0.6 is 0 Å². The number of ether oxygens (including phenoxy) is 1. The average molecular weight is 226 g/mol. The van der Waals surface area contributed by atoms with E-state index in [1.807, 2.05) is 37.9 Å². The Kier molecular flexibility index (Phi) is 5.45. The van der Waals surface area contributed by atoms with Gasteiger partial charge in [-0.2, -0.15) is 0 Å². The Morgan fingerprint density at radius 3 is 2.88 bits per heavy atom. The molecule has 2 atom stereocenters. The second kappa shape index (κ2) is 6.62. The maximum atomic E-state index is 5.53. The lowest BCUT2D eigenvalue weighted by molar-refractivity contribution is 0.0452. The summed E-state index contributed by atoms with van der Waals surface area (Å²) in [5.74, 6) is 6.60. The van der Waals surface area contributed by atoms with E-state index in [1.54, 1.807) is 0 Å². The summed E-state index contributed by atoms with van der Waals surface area (Å²) in [6.45, 7) is 4.73. The van der Waals surface area contributed by atoms with E-state index in [-0.39, 0.29) is 12.1 Å². The van der Waals surface area contributed by atoms with Crippen molar-refractivity contribution in [3.8, 4) is 0 Å². The average Bonchev–Trinajstić information content (AvgIpc) is 2.66. The molecule has 16 heavy (non-hydrogen) atoms. The first kappa shape index (κ1) is 13.2. The number of imidazole rings is 1. The predicted octanol–water partition coefficient (Wildman–Crippen LogP) is 0.610. The van der Waals surface area contributed by atoms with Crippen LogP contribution in [0.3, 0.4) is 0 Å². The Labute approximate surface area is 97.0 Å². The molecule has 0 spiro atoms. The van der Waals surface area contributed by atoms with Gasteiger partial charge in [-0.1, -0.05) is 0 Å². The standard InChI is InChI=1S/C11H22N4O/c1-4-16-9(2)10(14-12)5-6-11-13-7-8-15(11)3/h7-10,14H,4-6,12H2,1-3H3. The number of hydrogen-bond acceptors (Lipinski definition) is 4. The number of aromatic nitrogens is 2. The van der Waals surface area contributed by atoms with Gasteiger partial charge in [0.05, 0.1) is 6.10 Å². The molecule has 2 unspecified atom stereocenters. The first-order valence-electron chi connectivity index (χ1n) is 5.73. The number of aryl methyl sites for hydroxylation is 2. The zero-order valence-electron chi connectivity index (χ0n) is 10.3. The number of hydrazine groups is 1. The number of nitrogens with two attached hydrogens (primary N) is 1. The Morgan fingerprint density at radius 2 is 2.38 bits per heavy atom. The van der Waals surface area contributed by atoms with Crippen LogP contribution in [0.5, 0.6) is 0 Å². The highest BCUT2D eigenvalue weighted by atomic mass is 16.5. The fourth-order valence-electron chi connectivity index (χ4n) is 1.75. The topological polar surface area (TPSA) is 65.1 Å². The second-order valence-corrected chi connectivity index (χ2v) is 3.93. The molecule has 0 aliphatic rings. The lowest BCUT2D eigenvalue weighted by Crippen LogP contribution is -2.44. The monoisotopic (exact) mass is 226 g/mol. The van der Waals surface area contributed by atoms with Gasteiger partial charge in [-0.25, -0.2) is 4.98 Å². The van der Waals surface area contributed by atoms with Crippen molar-refractivity contribution in [3.05, 3.63) is 18.2 Å². The van der Waals surface area contributed by atoms with Crippen LogP contribution in [0.4, 0.5) is 0 Å². The van der Waals surface area contributed by atoms with Crippen LogP contribution in [0.2, 0.25) is 0 Å². The third-order valence-corrected chi connectivity index (χ3v) is 2.81. The van der Waals surface area contributed by atoms with E-state index in [4.69, 9.17) is 10.6 Å². The molecule has 0 radical (unpaired) electrons. The number of hydrogen-bond donors (Lipinski definition) is 2. The molecule has 1 aromatic heterocycles. The summed E-state index contributed by atoms with van der Waals surface area (Å²) in [5, 5.41) is 0. The lowest BCUT2D eigenvalue weighted by Gasteiger charge is -2.22. The van der Waals surface area contributed by atoms with Gasteiger partial charge < -0.3 is 9.30 Å². The van der Waals surface area contributed by atoms with Crippen molar-refractivity contribution in [2.24, 2.45) is 12.9 Å². The van der Waals surface area contributed by atoms with Crippen LogP contribution in [0.25, 0.3) is 0 Å². The van der Waals surface area contributed by atoms with Crippen molar-refractivity contribution in [1.29, 1.82) is 0 Å². The maximum Gasteiger partial charge on any atom is 0.108 e. The third-order valence-electron chi connectivity index (χ3n) is 2.81. The minimum atomic E-state index is 0.121. The summed E-state index contributed by atoms with van der Waals surface area (Å²) >= 11 is 0. The zero-order chi connectivity index (χ0) is 12.0. The van der Waals surface area contributed by atoms with Gasteiger partial charge >= 0.3 is 0 Å². The zero-order valence-corrected chi connectivity index (χ0v) is 10.3. The van der Waals surface area contributed by atoms with Crippen molar-refractivity contribution in [3.63, 3.8) is 0 Å². The maximum absolute atomic E-state index is 5.53. The summed E-state index contributed by atoms with van der Waals surface area (Å²) < 4.78 is 7.55. The van der Waals surface area contributed by atoms with Gasteiger partial charge in [0.2, 0.25) is 0 Å². The van der Waals surface area contributed by atoms with Crippen molar-refractivity contribution in [1.82, 2.24) is 15.0 Å². The Balaban J connectivity index is 2.42. The minimum absolute atomic E-state index is 0.121. The van der Waals surface area contributed by atoms with Crippen LogP contribution in [-0.2, 0) is 18.2 Å². The van der Waals surface area contributed by atoms with Gasteiger partial charge in [-0.3, -0.25) is 11.3 Å². The van der Waals surface area contributed by atoms with E-state index in [0.29, 0.717) is 6.61 Å². The number of nitrogens with one attached hydrogen (secondary N) is 1. The highest BCUT2D eigenvalue weighted by Crippen LogP contribution is 2.07. The fraction of sp³-hybridized carbons (Fsp3) is 0.727. The Bertz CT molecular complexity index is 300. The second-order valence-electron chi connectivity index (χ2n) is 3.93. The van der Waals surface area contributed by atoms with Crippen LogP contribution in [0, 0.1) is 0 Å².